The number of amides is 2. The highest BCUT2D eigenvalue weighted by atomic mass is 35.5. The molecule has 0 aromatic heterocycles. The fourth-order valence-corrected chi connectivity index (χ4v) is 2.10. The number of benzene rings is 1. The summed E-state index contributed by atoms with van der Waals surface area (Å²) < 4.78 is 13.5. The van der Waals surface area contributed by atoms with Gasteiger partial charge in [-0.1, -0.05) is 23.2 Å². The Kier molecular flexibility index (Phi) is 6.05. The van der Waals surface area contributed by atoms with Crippen molar-refractivity contribution in [3.63, 3.8) is 0 Å². The molecule has 0 spiro atoms. The van der Waals surface area contributed by atoms with Crippen molar-refractivity contribution in [2.45, 2.75) is 25.9 Å². The van der Waals surface area contributed by atoms with Crippen LogP contribution in [-0.4, -0.2) is 35.7 Å². The average Bonchev–Trinajstić information content (AvgIpc) is 2.40. The van der Waals surface area contributed by atoms with Gasteiger partial charge in [-0.25, -0.2) is 9.18 Å². The van der Waals surface area contributed by atoms with E-state index < -0.39 is 11.9 Å². The number of carbonyl (C=O) groups excluding carboxylic acids is 1. The van der Waals surface area contributed by atoms with E-state index >= 15 is 0 Å². The largest absolute Gasteiger partial charge is 0.394 e. The third-order valence-electron chi connectivity index (χ3n) is 3.09. The summed E-state index contributed by atoms with van der Waals surface area (Å²) in [7, 11) is 1.56. The molecule has 0 bridgehead atoms. The maximum atomic E-state index is 13.5. The summed E-state index contributed by atoms with van der Waals surface area (Å²) in [4.78, 5) is 13.3. The summed E-state index contributed by atoms with van der Waals surface area (Å²) in [6, 6.07) is 1.31. The first-order valence-corrected chi connectivity index (χ1v) is 6.82. The molecule has 1 aromatic rings. The zero-order valence-electron chi connectivity index (χ0n) is 11.5. The molecular weight excluding hydrogens is 306 g/mol. The molecule has 2 amide bonds. The van der Waals surface area contributed by atoms with Gasteiger partial charge in [0.15, 0.2) is 0 Å². The molecule has 0 heterocycles. The van der Waals surface area contributed by atoms with Crippen LogP contribution in [0.2, 0.25) is 10.0 Å². The SMILES string of the molecule is C[C@H](NC(=O)N(C)[C@H](C)CO)c1cc(F)c(Cl)cc1Cl. The van der Waals surface area contributed by atoms with Crippen LogP contribution >= 0.6 is 23.2 Å². The molecule has 2 N–H and O–H groups in total. The van der Waals surface area contributed by atoms with E-state index in [2.05, 4.69) is 5.32 Å². The lowest BCUT2D eigenvalue weighted by Crippen LogP contribution is -2.44. The number of likely N-dealkylation sites (N-methyl/N-ethyl adjacent to an activating group) is 1. The highest BCUT2D eigenvalue weighted by Gasteiger charge is 2.19. The molecule has 1 rings (SSSR count). The minimum Gasteiger partial charge on any atom is -0.394 e. The maximum absolute atomic E-state index is 13.5. The Bertz CT molecular complexity index is 500. The van der Waals surface area contributed by atoms with Crippen molar-refractivity contribution in [1.29, 1.82) is 0 Å². The second-order valence-corrected chi connectivity index (χ2v) is 5.42. The van der Waals surface area contributed by atoms with Gasteiger partial charge in [0, 0.05) is 12.1 Å². The second kappa shape index (κ2) is 7.11. The Morgan fingerprint density at radius 1 is 1.40 bits per heavy atom. The van der Waals surface area contributed by atoms with Gasteiger partial charge in [0.2, 0.25) is 0 Å². The molecule has 7 heteroatoms. The molecular formula is C13H17Cl2FN2O2. The van der Waals surface area contributed by atoms with E-state index in [0.717, 1.165) is 0 Å². The number of nitrogens with zero attached hydrogens (tertiary/aromatic N) is 1. The molecule has 2 atom stereocenters. The van der Waals surface area contributed by atoms with E-state index in [0.29, 0.717) is 5.56 Å². The van der Waals surface area contributed by atoms with Crippen molar-refractivity contribution in [1.82, 2.24) is 10.2 Å². The lowest BCUT2D eigenvalue weighted by atomic mass is 10.1. The number of carbonyl (C=O) groups is 1. The summed E-state index contributed by atoms with van der Waals surface area (Å²) in [6.07, 6.45) is 0. The summed E-state index contributed by atoms with van der Waals surface area (Å²) in [5.41, 5.74) is 0.437. The van der Waals surface area contributed by atoms with Crippen LogP contribution in [0, 0.1) is 5.82 Å². The first kappa shape index (κ1) is 17.0. The Hall–Kier alpha value is -1.04. The van der Waals surface area contributed by atoms with E-state index in [1.165, 1.54) is 17.0 Å². The van der Waals surface area contributed by atoms with Gasteiger partial charge in [-0.3, -0.25) is 0 Å². The summed E-state index contributed by atoms with van der Waals surface area (Å²) >= 11 is 11.6. The van der Waals surface area contributed by atoms with Gasteiger partial charge in [0.25, 0.3) is 0 Å². The van der Waals surface area contributed by atoms with E-state index in [9.17, 15) is 9.18 Å². The van der Waals surface area contributed by atoms with Gasteiger partial charge in [-0.05, 0) is 31.5 Å². The molecule has 0 aliphatic rings. The predicted octanol–water partition coefficient (Wildman–Crippen LogP) is 3.22. The van der Waals surface area contributed by atoms with Crippen LogP contribution < -0.4 is 5.32 Å². The Morgan fingerprint density at radius 2 is 2.00 bits per heavy atom. The van der Waals surface area contributed by atoms with Crippen molar-refractivity contribution in [3.05, 3.63) is 33.6 Å². The summed E-state index contributed by atoms with van der Waals surface area (Å²) in [5, 5.41) is 11.9. The van der Waals surface area contributed by atoms with Gasteiger partial charge in [0.05, 0.1) is 23.7 Å². The lowest BCUT2D eigenvalue weighted by molar-refractivity contribution is 0.155. The van der Waals surface area contributed by atoms with Crippen molar-refractivity contribution in [3.8, 4) is 0 Å². The summed E-state index contributed by atoms with van der Waals surface area (Å²) in [6.45, 7) is 3.25. The monoisotopic (exact) mass is 322 g/mol. The zero-order chi connectivity index (χ0) is 15.4. The van der Waals surface area contributed by atoms with Crippen molar-refractivity contribution in [2.75, 3.05) is 13.7 Å². The molecule has 0 aliphatic heterocycles. The number of urea groups is 1. The lowest BCUT2D eigenvalue weighted by Gasteiger charge is -2.26. The van der Waals surface area contributed by atoms with Crippen LogP contribution in [0.3, 0.4) is 0 Å². The number of hydrogen-bond acceptors (Lipinski definition) is 2. The highest BCUT2D eigenvalue weighted by molar-refractivity contribution is 6.35. The van der Waals surface area contributed by atoms with E-state index in [1.807, 2.05) is 0 Å². The standard InChI is InChI=1S/C13H17Cl2FN2O2/c1-7(6-19)18(3)13(20)17-8(2)9-4-12(16)11(15)5-10(9)14/h4-5,7-8,19H,6H2,1-3H3,(H,17,20)/t7-,8+/m1/s1. The van der Waals surface area contributed by atoms with Crippen LogP contribution in [0.5, 0.6) is 0 Å². The number of rotatable bonds is 4. The molecule has 1 aromatic carbocycles. The fraction of sp³-hybridized carbons (Fsp3) is 0.462. The van der Waals surface area contributed by atoms with E-state index in [1.54, 1.807) is 20.9 Å². The quantitative estimate of drug-likeness (QED) is 0.836. The Balaban J connectivity index is 2.84. The first-order valence-electron chi connectivity index (χ1n) is 6.06. The molecule has 4 nitrogen and oxygen atoms in total. The second-order valence-electron chi connectivity index (χ2n) is 4.60. The topological polar surface area (TPSA) is 52.6 Å². The molecule has 0 unspecified atom stereocenters. The van der Waals surface area contributed by atoms with Gasteiger partial charge in [0.1, 0.15) is 5.82 Å². The minimum atomic E-state index is -0.593. The van der Waals surface area contributed by atoms with Crippen LogP contribution in [0.1, 0.15) is 25.5 Å². The highest BCUT2D eigenvalue weighted by Crippen LogP contribution is 2.28. The van der Waals surface area contributed by atoms with Gasteiger partial charge in [-0.2, -0.15) is 0 Å². The molecule has 112 valence electrons. The normalized spacial score (nSPS) is 13.8. The third-order valence-corrected chi connectivity index (χ3v) is 3.71. The minimum absolute atomic E-state index is 0.0664. The van der Waals surface area contributed by atoms with Crippen molar-refractivity contribution < 1.29 is 14.3 Å². The van der Waals surface area contributed by atoms with E-state index in [4.69, 9.17) is 28.3 Å². The molecule has 0 saturated carbocycles. The smallest absolute Gasteiger partial charge is 0.317 e. The van der Waals surface area contributed by atoms with E-state index in [-0.39, 0.29) is 28.7 Å². The summed E-state index contributed by atoms with van der Waals surface area (Å²) in [5.74, 6) is -0.593. The van der Waals surface area contributed by atoms with Crippen LogP contribution in [0.4, 0.5) is 9.18 Å². The Morgan fingerprint density at radius 3 is 2.55 bits per heavy atom. The molecule has 0 aliphatic carbocycles. The predicted molar refractivity (Wildman–Crippen MR) is 77.7 cm³/mol. The number of hydrogen-bond donors (Lipinski definition) is 2. The van der Waals surface area contributed by atoms with Gasteiger partial charge < -0.3 is 15.3 Å². The van der Waals surface area contributed by atoms with Crippen molar-refractivity contribution >= 4 is 29.2 Å². The van der Waals surface area contributed by atoms with Crippen LogP contribution in [0.25, 0.3) is 0 Å². The van der Waals surface area contributed by atoms with Crippen LogP contribution in [0.15, 0.2) is 12.1 Å². The maximum Gasteiger partial charge on any atom is 0.317 e. The van der Waals surface area contributed by atoms with Crippen LogP contribution in [-0.2, 0) is 0 Å². The number of aliphatic hydroxyl groups excluding tert-OH is 1. The molecule has 0 radical (unpaired) electrons. The molecule has 20 heavy (non-hydrogen) atoms. The molecule has 0 saturated heterocycles. The zero-order valence-corrected chi connectivity index (χ0v) is 13.0. The first-order chi connectivity index (χ1) is 9.27. The Labute approximate surface area is 127 Å². The van der Waals surface area contributed by atoms with Gasteiger partial charge >= 0.3 is 6.03 Å². The third kappa shape index (κ3) is 3.98. The number of nitrogens with one attached hydrogen (secondary N) is 1. The van der Waals surface area contributed by atoms with Gasteiger partial charge in [-0.15, -0.1) is 0 Å². The number of aliphatic hydroxyl groups is 1. The fourth-order valence-electron chi connectivity index (χ4n) is 1.56. The van der Waals surface area contributed by atoms with Crippen molar-refractivity contribution in [2.24, 2.45) is 0 Å². The number of halogens is 3. The molecule has 0 fully saturated rings. The average molecular weight is 323 g/mol.